The molecular weight excluding hydrogens is 177 g/mol. The van der Waals surface area contributed by atoms with E-state index in [1.54, 1.807) is 0 Å². The summed E-state index contributed by atoms with van der Waals surface area (Å²) in [5.74, 6) is -2.97. The summed E-state index contributed by atoms with van der Waals surface area (Å²) in [6.07, 6.45) is 0. The normalized spacial score (nSPS) is 10.9. The predicted molar refractivity (Wildman–Crippen MR) is 32.9 cm³/mol. The molecule has 0 radical (unpaired) electrons. The van der Waals surface area contributed by atoms with Gasteiger partial charge in [-0.25, -0.2) is 4.57 Å². The molecule has 11 heavy (non-hydrogen) atoms. The average molecular weight is 182 g/mol. The quantitative estimate of drug-likeness (QED) is 0.321. The molecule has 0 heterocycles. The zero-order chi connectivity index (χ0) is 9.23. The Morgan fingerprint density at radius 2 is 1.82 bits per heavy atom. The van der Waals surface area contributed by atoms with Crippen LogP contribution in [0.3, 0.4) is 0 Å². The summed E-state index contributed by atoms with van der Waals surface area (Å²) in [6, 6.07) is 0. The Balaban J connectivity index is 4.52. The number of hydroxylamine groups is 1. The van der Waals surface area contributed by atoms with Crippen molar-refractivity contribution in [1.82, 2.24) is 4.83 Å². The third-order valence-electron chi connectivity index (χ3n) is 0.712. The third kappa shape index (κ3) is 2.77. The summed E-state index contributed by atoms with van der Waals surface area (Å²) in [5, 5.41) is 10.2. The maximum atomic E-state index is 10.3. The van der Waals surface area contributed by atoms with Gasteiger partial charge in [0.05, 0.1) is 0 Å². The van der Waals surface area contributed by atoms with Crippen molar-refractivity contribution in [1.29, 1.82) is 0 Å². The van der Waals surface area contributed by atoms with Crippen molar-refractivity contribution in [2.45, 2.75) is 6.92 Å². The van der Waals surface area contributed by atoms with Crippen LogP contribution in [0, 0.1) is 5.21 Å². The highest BCUT2D eigenvalue weighted by molar-refractivity contribution is 7.50. The summed E-state index contributed by atoms with van der Waals surface area (Å²) < 4.78 is 10.0. The van der Waals surface area contributed by atoms with Crippen molar-refractivity contribution in [3.05, 3.63) is 5.21 Å². The highest BCUT2D eigenvalue weighted by Crippen LogP contribution is 2.38. The number of carbonyl (C=O) groups excluding carboxylic acids is 2. The molecule has 0 rings (SSSR count). The number of hydrogen-bond acceptors (Lipinski definition) is 4. The van der Waals surface area contributed by atoms with E-state index < -0.39 is 24.3 Å². The van der Waals surface area contributed by atoms with Crippen LogP contribution in [-0.4, -0.2) is 26.3 Å². The van der Waals surface area contributed by atoms with Gasteiger partial charge in [-0.3, -0.25) is 9.59 Å². The monoisotopic (exact) mass is 182 g/mol. The number of amides is 1. The summed E-state index contributed by atoms with van der Waals surface area (Å²) >= 11 is 0. The second kappa shape index (κ2) is 3.10. The van der Waals surface area contributed by atoms with E-state index in [9.17, 15) is 19.4 Å². The van der Waals surface area contributed by atoms with Crippen molar-refractivity contribution < 1.29 is 23.9 Å². The number of carbonyl (C=O) groups is 2. The standard InChI is InChI=1S/C3H5NO6P/c1-2(5)3(6)4(7)11(8,9)10/h1H3,(H2,8,9,10)/q-1. The molecule has 0 spiro atoms. The van der Waals surface area contributed by atoms with E-state index in [2.05, 4.69) is 0 Å². The average Bonchev–Trinajstić information content (AvgIpc) is 1.82. The highest BCUT2D eigenvalue weighted by Gasteiger charge is 2.24. The van der Waals surface area contributed by atoms with Crippen molar-refractivity contribution >= 4 is 19.4 Å². The van der Waals surface area contributed by atoms with Crippen LogP contribution in [0.5, 0.6) is 0 Å². The van der Waals surface area contributed by atoms with Crippen LogP contribution in [-0.2, 0) is 14.2 Å². The van der Waals surface area contributed by atoms with E-state index in [4.69, 9.17) is 9.79 Å². The summed E-state index contributed by atoms with van der Waals surface area (Å²) in [6.45, 7) is 0.739. The zero-order valence-electron chi connectivity index (χ0n) is 5.42. The van der Waals surface area contributed by atoms with E-state index in [-0.39, 0.29) is 0 Å². The molecule has 0 saturated heterocycles. The third-order valence-corrected chi connectivity index (χ3v) is 1.37. The second-order valence-electron chi connectivity index (χ2n) is 1.65. The fourth-order valence-electron chi connectivity index (χ4n) is 0.253. The first-order valence-electron chi connectivity index (χ1n) is 2.35. The lowest BCUT2D eigenvalue weighted by atomic mass is 10.4. The topological polar surface area (TPSA) is 118 Å². The molecule has 0 unspecified atom stereocenters. The van der Waals surface area contributed by atoms with Gasteiger partial charge in [0.15, 0.2) is 0 Å². The number of rotatable bonds is 2. The van der Waals surface area contributed by atoms with Gasteiger partial charge >= 0.3 is 7.75 Å². The van der Waals surface area contributed by atoms with Crippen molar-refractivity contribution in [3.8, 4) is 0 Å². The Labute approximate surface area is 61.4 Å². The zero-order valence-corrected chi connectivity index (χ0v) is 6.32. The predicted octanol–water partition coefficient (Wildman–Crippen LogP) is -1.01. The van der Waals surface area contributed by atoms with Crippen molar-refractivity contribution in [2.75, 3.05) is 0 Å². The lowest BCUT2D eigenvalue weighted by Gasteiger charge is -2.26. The van der Waals surface area contributed by atoms with E-state index >= 15 is 0 Å². The molecule has 64 valence electrons. The molecule has 7 nitrogen and oxygen atoms in total. The largest absolute Gasteiger partial charge is 0.747 e. The molecule has 0 aliphatic heterocycles. The van der Waals surface area contributed by atoms with Crippen molar-refractivity contribution in [2.24, 2.45) is 0 Å². The van der Waals surface area contributed by atoms with Gasteiger partial charge in [0.2, 0.25) is 5.78 Å². The molecule has 0 aliphatic rings. The van der Waals surface area contributed by atoms with Crippen LogP contribution in [0.25, 0.3) is 0 Å². The fourth-order valence-corrected chi connectivity index (χ4v) is 0.630. The molecule has 0 aromatic carbocycles. The number of ketones is 1. The minimum atomic E-state index is -5.16. The molecule has 0 atom stereocenters. The minimum absolute atomic E-state index is 0.739. The van der Waals surface area contributed by atoms with E-state index in [1.807, 2.05) is 0 Å². The Morgan fingerprint density at radius 1 is 1.45 bits per heavy atom. The molecule has 0 aliphatic carbocycles. The van der Waals surface area contributed by atoms with Crippen LogP contribution in [0.15, 0.2) is 0 Å². The summed E-state index contributed by atoms with van der Waals surface area (Å²) in [5.41, 5.74) is 0. The molecule has 0 aromatic rings. The van der Waals surface area contributed by atoms with Gasteiger partial charge in [-0.1, -0.05) is 0 Å². The van der Waals surface area contributed by atoms with Gasteiger partial charge in [-0.2, -0.15) is 0 Å². The Hall–Kier alpha value is -0.750. The first-order chi connectivity index (χ1) is 4.76. The van der Waals surface area contributed by atoms with E-state index in [0.717, 1.165) is 6.92 Å². The molecule has 0 aromatic heterocycles. The maximum absolute atomic E-state index is 10.3. The van der Waals surface area contributed by atoms with Crippen LogP contribution in [0.2, 0.25) is 0 Å². The molecule has 8 heteroatoms. The Morgan fingerprint density at radius 3 is 1.91 bits per heavy atom. The van der Waals surface area contributed by atoms with Gasteiger partial charge in [0.25, 0.3) is 5.91 Å². The lowest BCUT2D eigenvalue weighted by molar-refractivity contribution is -0.139. The second-order valence-corrected chi connectivity index (χ2v) is 3.04. The molecule has 2 N–H and O–H groups in total. The molecular formula is C3H5NO6P-. The molecule has 1 amide bonds. The van der Waals surface area contributed by atoms with E-state index in [1.165, 1.54) is 0 Å². The van der Waals surface area contributed by atoms with Crippen LogP contribution in [0.4, 0.5) is 0 Å². The first kappa shape index (κ1) is 10.2. The number of Topliss-reactive ketones (excluding diaryl/α,β-unsaturated/α-hetero) is 1. The lowest BCUT2D eigenvalue weighted by Crippen LogP contribution is -2.27. The molecule has 0 fully saturated rings. The number of nitrogens with zero attached hydrogens (tertiary/aromatic N) is 1. The first-order valence-corrected chi connectivity index (χ1v) is 3.91. The Bertz CT molecular complexity index is 230. The maximum Gasteiger partial charge on any atom is 0.422 e. The molecule has 0 bridgehead atoms. The Kier molecular flexibility index (Phi) is 2.89. The van der Waals surface area contributed by atoms with Gasteiger partial charge in [-0.15, -0.1) is 0 Å². The van der Waals surface area contributed by atoms with Crippen LogP contribution < -0.4 is 0 Å². The van der Waals surface area contributed by atoms with Crippen molar-refractivity contribution in [3.63, 3.8) is 0 Å². The highest BCUT2D eigenvalue weighted by atomic mass is 31.2. The van der Waals surface area contributed by atoms with Gasteiger partial charge in [0.1, 0.15) is 0 Å². The molecule has 0 saturated carbocycles. The van der Waals surface area contributed by atoms with Gasteiger partial charge in [0, 0.05) is 6.92 Å². The van der Waals surface area contributed by atoms with Crippen LogP contribution >= 0.6 is 7.75 Å². The van der Waals surface area contributed by atoms with Gasteiger partial charge in [-0.05, 0) is 0 Å². The minimum Gasteiger partial charge on any atom is -0.747 e. The number of hydrogen-bond donors (Lipinski definition) is 2. The summed E-state index contributed by atoms with van der Waals surface area (Å²) in [4.78, 5) is 35.3. The van der Waals surface area contributed by atoms with Crippen LogP contribution in [0.1, 0.15) is 6.92 Å². The van der Waals surface area contributed by atoms with Gasteiger partial charge < -0.3 is 19.8 Å². The SMILES string of the molecule is CC(=O)C(=O)N([O-])P(=O)(O)O. The summed E-state index contributed by atoms with van der Waals surface area (Å²) in [7, 11) is -5.16. The fraction of sp³-hybridized carbons (Fsp3) is 0.333. The van der Waals surface area contributed by atoms with E-state index in [0.29, 0.717) is 0 Å². The smallest absolute Gasteiger partial charge is 0.422 e.